The molecule has 82 valence electrons. The van der Waals surface area contributed by atoms with E-state index in [-0.39, 0.29) is 0 Å². The zero-order valence-electron chi connectivity index (χ0n) is 10.2. The summed E-state index contributed by atoms with van der Waals surface area (Å²) in [4.78, 5) is 2.79. The molecule has 14 heavy (non-hydrogen) atoms. The molecular weight excluding hydrogens is 170 g/mol. The van der Waals surface area contributed by atoms with Crippen molar-refractivity contribution in [2.24, 2.45) is 5.92 Å². The fourth-order valence-corrected chi connectivity index (χ4v) is 3.87. The van der Waals surface area contributed by atoms with Gasteiger partial charge in [-0.2, -0.15) is 0 Å². The Balaban J connectivity index is 2.15. The normalized spacial score (nSPS) is 39.9. The highest BCUT2D eigenvalue weighted by molar-refractivity contribution is 4.98. The predicted octanol–water partition coefficient (Wildman–Crippen LogP) is 3.44. The molecule has 2 fully saturated rings. The molecule has 0 amide bonds. The van der Waals surface area contributed by atoms with E-state index in [1.165, 1.54) is 32.1 Å². The SMILES string of the molecule is CC1C[C@@H]2CCCC[C@@H]2N1C(C)(C)C. The van der Waals surface area contributed by atoms with Gasteiger partial charge in [-0.25, -0.2) is 0 Å². The van der Waals surface area contributed by atoms with Crippen LogP contribution in [0.2, 0.25) is 0 Å². The van der Waals surface area contributed by atoms with Gasteiger partial charge in [0.2, 0.25) is 0 Å². The van der Waals surface area contributed by atoms with E-state index in [0.29, 0.717) is 5.54 Å². The number of fused-ring (bicyclic) bond motifs is 1. The third kappa shape index (κ3) is 1.71. The Bertz CT molecular complexity index is 204. The molecule has 1 heterocycles. The lowest BCUT2D eigenvalue weighted by Crippen LogP contribution is -2.49. The highest BCUT2D eigenvalue weighted by Crippen LogP contribution is 2.42. The summed E-state index contributed by atoms with van der Waals surface area (Å²) >= 11 is 0. The fraction of sp³-hybridized carbons (Fsp3) is 1.00. The van der Waals surface area contributed by atoms with Crippen molar-refractivity contribution in [3.05, 3.63) is 0 Å². The van der Waals surface area contributed by atoms with E-state index in [1.54, 1.807) is 0 Å². The Kier molecular flexibility index (Phi) is 2.63. The molecule has 1 saturated heterocycles. The van der Waals surface area contributed by atoms with Crippen LogP contribution in [0, 0.1) is 5.92 Å². The zero-order chi connectivity index (χ0) is 10.3. The van der Waals surface area contributed by atoms with Crippen LogP contribution in [0.3, 0.4) is 0 Å². The van der Waals surface area contributed by atoms with Crippen LogP contribution in [0.5, 0.6) is 0 Å². The molecule has 1 nitrogen and oxygen atoms in total. The Morgan fingerprint density at radius 2 is 1.71 bits per heavy atom. The smallest absolute Gasteiger partial charge is 0.0132 e. The average molecular weight is 195 g/mol. The quantitative estimate of drug-likeness (QED) is 0.572. The van der Waals surface area contributed by atoms with Crippen molar-refractivity contribution in [3.8, 4) is 0 Å². The summed E-state index contributed by atoms with van der Waals surface area (Å²) in [6, 6.07) is 1.71. The van der Waals surface area contributed by atoms with Gasteiger partial charge in [-0.05, 0) is 52.9 Å². The number of rotatable bonds is 0. The van der Waals surface area contributed by atoms with Crippen LogP contribution in [0.1, 0.15) is 59.8 Å². The molecule has 1 aliphatic carbocycles. The number of likely N-dealkylation sites (tertiary alicyclic amines) is 1. The van der Waals surface area contributed by atoms with Crippen molar-refractivity contribution in [2.45, 2.75) is 77.4 Å². The predicted molar refractivity (Wildman–Crippen MR) is 61.4 cm³/mol. The summed E-state index contributed by atoms with van der Waals surface area (Å²) in [5, 5.41) is 0. The van der Waals surface area contributed by atoms with E-state index in [1.807, 2.05) is 0 Å². The van der Waals surface area contributed by atoms with Crippen LogP contribution in [0.4, 0.5) is 0 Å². The minimum atomic E-state index is 0.371. The Morgan fingerprint density at radius 3 is 2.36 bits per heavy atom. The van der Waals surface area contributed by atoms with E-state index in [9.17, 15) is 0 Å². The third-order valence-corrected chi connectivity index (χ3v) is 4.12. The van der Waals surface area contributed by atoms with Crippen molar-refractivity contribution in [1.82, 2.24) is 4.90 Å². The van der Waals surface area contributed by atoms with Crippen molar-refractivity contribution >= 4 is 0 Å². The standard InChI is InChI=1S/C13H25N/c1-10-9-11-7-5-6-8-12(11)14(10)13(2,3)4/h10-12H,5-9H2,1-4H3/t10?,11-,12-/m0/s1. The Morgan fingerprint density at radius 1 is 1.07 bits per heavy atom. The fourth-order valence-electron chi connectivity index (χ4n) is 3.87. The van der Waals surface area contributed by atoms with Crippen molar-refractivity contribution in [1.29, 1.82) is 0 Å². The van der Waals surface area contributed by atoms with Crippen LogP contribution >= 0.6 is 0 Å². The molecule has 1 aliphatic heterocycles. The van der Waals surface area contributed by atoms with E-state index >= 15 is 0 Å². The lowest BCUT2D eigenvalue weighted by molar-refractivity contribution is 0.0600. The maximum Gasteiger partial charge on any atom is 0.0132 e. The van der Waals surface area contributed by atoms with E-state index in [2.05, 4.69) is 32.6 Å². The molecule has 0 aromatic heterocycles. The van der Waals surface area contributed by atoms with Gasteiger partial charge in [-0.1, -0.05) is 12.8 Å². The molecule has 1 unspecified atom stereocenters. The van der Waals surface area contributed by atoms with Gasteiger partial charge in [0.05, 0.1) is 0 Å². The van der Waals surface area contributed by atoms with Crippen molar-refractivity contribution < 1.29 is 0 Å². The van der Waals surface area contributed by atoms with Crippen LogP contribution in [-0.2, 0) is 0 Å². The minimum absolute atomic E-state index is 0.371. The average Bonchev–Trinajstić information content (AvgIpc) is 2.38. The monoisotopic (exact) mass is 195 g/mol. The maximum absolute atomic E-state index is 2.79. The van der Waals surface area contributed by atoms with E-state index < -0.39 is 0 Å². The molecule has 3 atom stereocenters. The first-order chi connectivity index (χ1) is 6.50. The molecule has 0 radical (unpaired) electrons. The van der Waals surface area contributed by atoms with Gasteiger partial charge in [0.25, 0.3) is 0 Å². The largest absolute Gasteiger partial charge is 0.293 e. The molecule has 0 N–H and O–H groups in total. The van der Waals surface area contributed by atoms with Crippen LogP contribution in [-0.4, -0.2) is 22.5 Å². The number of hydrogen-bond acceptors (Lipinski definition) is 1. The molecular formula is C13H25N. The van der Waals surface area contributed by atoms with Crippen molar-refractivity contribution in [2.75, 3.05) is 0 Å². The van der Waals surface area contributed by atoms with Gasteiger partial charge in [0, 0.05) is 17.6 Å². The highest BCUT2D eigenvalue weighted by Gasteiger charge is 2.44. The first-order valence-corrected chi connectivity index (χ1v) is 6.28. The second kappa shape index (κ2) is 3.52. The summed E-state index contributed by atoms with van der Waals surface area (Å²) in [5.41, 5.74) is 0.371. The second-order valence-electron chi connectivity index (χ2n) is 6.27. The van der Waals surface area contributed by atoms with Crippen molar-refractivity contribution in [3.63, 3.8) is 0 Å². The first kappa shape index (κ1) is 10.5. The van der Waals surface area contributed by atoms with Gasteiger partial charge in [-0.3, -0.25) is 4.90 Å². The summed E-state index contributed by atoms with van der Waals surface area (Å²) in [6.07, 6.45) is 7.32. The van der Waals surface area contributed by atoms with Gasteiger partial charge in [0.1, 0.15) is 0 Å². The van der Waals surface area contributed by atoms with Gasteiger partial charge < -0.3 is 0 Å². The van der Waals surface area contributed by atoms with Crippen LogP contribution in [0.15, 0.2) is 0 Å². The molecule has 2 aliphatic rings. The van der Waals surface area contributed by atoms with Gasteiger partial charge in [0.15, 0.2) is 0 Å². The zero-order valence-corrected chi connectivity index (χ0v) is 10.2. The molecule has 0 aromatic rings. The lowest BCUT2D eigenvalue weighted by atomic mass is 9.84. The number of hydrogen-bond donors (Lipinski definition) is 0. The van der Waals surface area contributed by atoms with E-state index in [0.717, 1.165) is 18.0 Å². The molecule has 0 bridgehead atoms. The molecule has 1 saturated carbocycles. The number of nitrogens with zero attached hydrogens (tertiary/aromatic N) is 1. The first-order valence-electron chi connectivity index (χ1n) is 6.28. The molecule has 1 heteroatoms. The van der Waals surface area contributed by atoms with Gasteiger partial charge in [-0.15, -0.1) is 0 Å². The summed E-state index contributed by atoms with van der Waals surface area (Å²) in [5.74, 6) is 1.01. The Labute approximate surface area is 88.9 Å². The maximum atomic E-state index is 2.79. The summed E-state index contributed by atoms with van der Waals surface area (Å²) in [7, 11) is 0. The molecule has 0 spiro atoms. The summed E-state index contributed by atoms with van der Waals surface area (Å²) < 4.78 is 0. The highest BCUT2D eigenvalue weighted by atomic mass is 15.3. The van der Waals surface area contributed by atoms with Crippen LogP contribution < -0.4 is 0 Å². The molecule has 0 aromatic carbocycles. The molecule has 2 rings (SSSR count). The van der Waals surface area contributed by atoms with E-state index in [4.69, 9.17) is 0 Å². The lowest BCUT2D eigenvalue weighted by Gasteiger charge is -2.42. The summed E-state index contributed by atoms with van der Waals surface area (Å²) in [6.45, 7) is 9.55. The van der Waals surface area contributed by atoms with Gasteiger partial charge >= 0.3 is 0 Å². The van der Waals surface area contributed by atoms with Crippen LogP contribution in [0.25, 0.3) is 0 Å². The third-order valence-electron chi connectivity index (χ3n) is 4.12. The topological polar surface area (TPSA) is 3.24 Å². The minimum Gasteiger partial charge on any atom is -0.293 e. The second-order valence-corrected chi connectivity index (χ2v) is 6.27. The Hall–Kier alpha value is -0.0400.